The van der Waals surface area contributed by atoms with Gasteiger partial charge in [-0.15, -0.1) is 17.3 Å². The molecule has 0 fully saturated rings. The summed E-state index contributed by atoms with van der Waals surface area (Å²) in [6.45, 7) is 3.68. The van der Waals surface area contributed by atoms with Gasteiger partial charge >= 0.3 is 0 Å². The number of hydrazine groups is 1. The van der Waals surface area contributed by atoms with Crippen LogP contribution in [0.15, 0.2) is 18.3 Å². The van der Waals surface area contributed by atoms with Crippen LogP contribution in [0.5, 0.6) is 0 Å². The van der Waals surface area contributed by atoms with Gasteiger partial charge in [-0.05, 0) is 19.9 Å². The molecule has 0 bridgehead atoms. The number of rotatable bonds is 3. The van der Waals surface area contributed by atoms with Crippen molar-refractivity contribution in [1.29, 1.82) is 0 Å². The van der Waals surface area contributed by atoms with Crippen molar-refractivity contribution in [3.8, 4) is 0 Å². The molecule has 0 amide bonds. The minimum Gasteiger partial charge on any atom is -0.299 e. The summed E-state index contributed by atoms with van der Waals surface area (Å²) in [6.07, 6.45) is 2.06. The van der Waals surface area contributed by atoms with Gasteiger partial charge in [0.1, 0.15) is 5.78 Å². The molecule has 1 aromatic heterocycles. The highest BCUT2D eigenvalue weighted by Gasteiger charge is 2.35. The second-order valence-corrected chi connectivity index (χ2v) is 5.15. The summed E-state index contributed by atoms with van der Waals surface area (Å²) in [5.74, 6) is 0.758. The fourth-order valence-electron chi connectivity index (χ4n) is 1.72. The maximum Gasteiger partial charge on any atom is 0.242 e. The van der Waals surface area contributed by atoms with Gasteiger partial charge in [0.25, 0.3) is 0 Å². The van der Waals surface area contributed by atoms with E-state index in [2.05, 4.69) is 30.8 Å². The summed E-state index contributed by atoms with van der Waals surface area (Å²) >= 11 is 1.64. The average Bonchev–Trinajstić information content (AvgIpc) is 2.50. The van der Waals surface area contributed by atoms with Crippen LogP contribution >= 0.6 is 11.8 Å². The van der Waals surface area contributed by atoms with E-state index >= 15 is 0 Å². The summed E-state index contributed by atoms with van der Waals surface area (Å²) in [4.78, 5) is 11.0. The van der Waals surface area contributed by atoms with E-state index in [1.54, 1.807) is 18.7 Å². The molecule has 0 radical (unpaired) electrons. The Morgan fingerprint density at radius 1 is 1.62 bits per heavy atom. The van der Waals surface area contributed by atoms with Crippen LogP contribution in [0.1, 0.15) is 23.6 Å². The molecule has 2 heterocycles. The normalized spacial score (nSPS) is 19.3. The van der Waals surface area contributed by atoms with Crippen molar-refractivity contribution in [3.05, 3.63) is 29.6 Å². The van der Waals surface area contributed by atoms with E-state index in [0.717, 1.165) is 0 Å². The Balaban J connectivity index is 2.19. The lowest BCUT2D eigenvalue weighted by Gasteiger charge is -2.11. The van der Waals surface area contributed by atoms with Crippen LogP contribution in [0.25, 0.3) is 0 Å². The van der Waals surface area contributed by atoms with E-state index in [0.29, 0.717) is 5.75 Å². The maximum absolute atomic E-state index is 11.0. The Morgan fingerprint density at radius 2 is 2.38 bits per heavy atom. The standard InChI is InChI=1S/C11H16N3OS/c1-8-4-5-10-11(16-7-9(2)15)13(3)12-14(10)6-8/h4-6,11-12H,7H2,1-3H3/q+1. The lowest BCUT2D eigenvalue weighted by Crippen LogP contribution is -2.46. The van der Waals surface area contributed by atoms with Gasteiger partial charge in [0.2, 0.25) is 11.9 Å². The third kappa shape index (κ3) is 2.20. The molecule has 0 aliphatic carbocycles. The van der Waals surface area contributed by atoms with E-state index in [9.17, 15) is 4.79 Å². The Labute approximate surface area is 99.6 Å². The van der Waals surface area contributed by atoms with Gasteiger partial charge < -0.3 is 0 Å². The average molecular weight is 238 g/mol. The Kier molecular flexibility index (Phi) is 3.16. The molecule has 0 aromatic carbocycles. The lowest BCUT2D eigenvalue weighted by molar-refractivity contribution is -0.656. The van der Waals surface area contributed by atoms with E-state index in [1.165, 1.54) is 11.3 Å². The van der Waals surface area contributed by atoms with Gasteiger partial charge in [0.05, 0.1) is 5.75 Å². The summed E-state index contributed by atoms with van der Waals surface area (Å²) in [6, 6.07) is 4.19. The zero-order valence-corrected chi connectivity index (χ0v) is 10.5. The molecule has 1 aliphatic heterocycles. The number of hydrogen-bond donors (Lipinski definition) is 1. The second kappa shape index (κ2) is 4.43. The first-order chi connectivity index (χ1) is 7.58. The van der Waals surface area contributed by atoms with Crippen molar-refractivity contribution in [2.75, 3.05) is 18.3 Å². The molecule has 16 heavy (non-hydrogen) atoms. The number of aryl methyl sites for hydroxylation is 1. The van der Waals surface area contributed by atoms with Crippen LogP contribution < -0.4 is 10.2 Å². The predicted octanol–water partition coefficient (Wildman–Crippen LogP) is 1.01. The van der Waals surface area contributed by atoms with E-state index in [1.807, 2.05) is 16.7 Å². The number of nitrogens with one attached hydrogen (secondary N) is 1. The monoisotopic (exact) mass is 238 g/mol. The van der Waals surface area contributed by atoms with Crippen molar-refractivity contribution >= 4 is 17.5 Å². The highest BCUT2D eigenvalue weighted by Crippen LogP contribution is 2.31. The molecule has 86 valence electrons. The molecule has 1 aromatic rings. The SMILES string of the molecule is CC(=O)CSC1c2ccc(C)c[n+]2NN1C. The van der Waals surface area contributed by atoms with Gasteiger partial charge in [-0.2, -0.15) is 5.01 Å². The Hall–Kier alpha value is -1.07. The Bertz CT molecular complexity index is 422. The molecule has 0 saturated heterocycles. The lowest BCUT2D eigenvalue weighted by atomic mass is 10.3. The maximum atomic E-state index is 11.0. The van der Waals surface area contributed by atoms with Gasteiger partial charge in [-0.1, -0.05) is 4.68 Å². The topological polar surface area (TPSA) is 36.2 Å². The molecular weight excluding hydrogens is 222 g/mol. The third-order valence-electron chi connectivity index (χ3n) is 2.44. The summed E-state index contributed by atoms with van der Waals surface area (Å²) in [7, 11) is 1.99. The molecule has 1 unspecified atom stereocenters. The number of fused-ring (bicyclic) bond motifs is 1. The van der Waals surface area contributed by atoms with Crippen LogP contribution in [-0.4, -0.2) is 23.6 Å². The van der Waals surface area contributed by atoms with Crippen molar-refractivity contribution in [1.82, 2.24) is 5.01 Å². The highest BCUT2D eigenvalue weighted by molar-refractivity contribution is 8.00. The van der Waals surface area contributed by atoms with Crippen LogP contribution in [0, 0.1) is 6.92 Å². The van der Waals surface area contributed by atoms with Gasteiger partial charge in [0.15, 0.2) is 5.37 Å². The zero-order chi connectivity index (χ0) is 11.7. The first kappa shape index (κ1) is 11.4. The smallest absolute Gasteiger partial charge is 0.242 e. The quantitative estimate of drug-likeness (QED) is 0.797. The summed E-state index contributed by atoms with van der Waals surface area (Å²) in [5, 5.41) is 2.21. The van der Waals surface area contributed by atoms with E-state index < -0.39 is 0 Å². The number of Topliss-reactive ketones (excluding diaryl/α,β-unsaturated/α-hetero) is 1. The van der Waals surface area contributed by atoms with E-state index in [4.69, 9.17) is 0 Å². The minimum atomic E-state index is 0.199. The summed E-state index contributed by atoms with van der Waals surface area (Å²) in [5.41, 5.74) is 5.62. The molecule has 0 saturated carbocycles. The predicted molar refractivity (Wildman–Crippen MR) is 64.4 cm³/mol. The minimum absolute atomic E-state index is 0.199. The van der Waals surface area contributed by atoms with Crippen LogP contribution in [-0.2, 0) is 4.79 Å². The number of pyridine rings is 1. The fourth-order valence-corrected chi connectivity index (χ4v) is 2.75. The Morgan fingerprint density at radius 3 is 3.06 bits per heavy atom. The number of aromatic nitrogens is 1. The fraction of sp³-hybridized carbons (Fsp3) is 0.455. The molecule has 1 aliphatic rings. The van der Waals surface area contributed by atoms with Crippen molar-refractivity contribution in [2.45, 2.75) is 19.2 Å². The first-order valence-corrected chi connectivity index (χ1v) is 6.25. The van der Waals surface area contributed by atoms with Crippen LogP contribution in [0.2, 0.25) is 0 Å². The number of carbonyl (C=O) groups is 1. The van der Waals surface area contributed by atoms with Crippen molar-refractivity contribution in [2.24, 2.45) is 0 Å². The number of thioether (sulfide) groups is 1. The second-order valence-electron chi connectivity index (χ2n) is 4.08. The van der Waals surface area contributed by atoms with Crippen LogP contribution in [0.4, 0.5) is 0 Å². The van der Waals surface area contributed by atoms with Crippen molar-refractivity contribution in [3.63, 3.8) is 0 Å². The highest BCUT2D eigenvalue weighted by atomic mass is 32.2. The molecule has 1 atom stereocenters. The first-order valence-electron chi connectivity index (χ1n) is 5.20. The van der Waals surface area contributed by atoms with Gasteiger partial charge in [-0.25, -0.2) is 0 Å². The number of carbonyl (C=O) groups excluding carboxylic acids is 1. The molecule has 1 N–H and O–H groups in total. The molecule has 2 rings (SSSR count). The van der Waals surface area contributed by atoms with Gasteiger partial charge in [0, 0.05) is 18.7 Å². The summed E-state index contributed by atoms with van der Waals surface area (Å²) < 4.78 is 2.01. The van der Waals surface area contributed by atoms with Gasteiger partial charge in [-0.3, -0.25) is 4.79 Å². The number of ketones is 1. The number of nitrogens with zero attached hydrogens (tertiary/aromatic N) is 2. The van der Waals surface area contributed by atoms with Crippen LogP contribution in [0.3, 0.4) is 0 Å². The zero-order valence-electron chi connectivity index (χ0n) is 9.73. The molecule has 4 nitrogen and oxygen atoms in total. The van der Waals surface area contributed by atoms with Crippen molar-refractivity contribution < 1.29 is 9.47 Å². The third-order valence-corrected chi connectivity index (χ3v) is 3.89. The molecular formula is C11H16N3OS+. The largest absolute Gasteiger partial charge is 0.299 e. The molecule has 0 spiro atoms. The van der Waals surface area contributed by atoms with E-state index in [-0.39, 0.29) is 11.2 Å². The number of hydrogen-bond acceptors (Lipinski definition) is 4. The molecule has 5 heteroatoms.